The molecule has 1 heterocycles. The first-order chi connectivity index (χ1) is 15.4. The number of fused-ring (bicyclic) bond motifs is 1. The molecule has 1 atom stereocenters. The number of para-hydroxylation sites is 1. The molecule has 0 unspecified atom stereocenters. The van der Waals surface area contributed by atoms with E-state index in [1.807, 2.05) is 80.6 Å². The van der Waals surface area contributed by atoms with Gasteiger partial charge in [-0.15, -0.1) is 0 Å². The maximum Gasteiger partial charge on any atom is 0.255 e. The van der Waals surface area contributed by atoms with E-state index in [1.165, 1.54) is 0 Å². The Morgan fingerprint density at radius 3 is 2.59 bits per heavy atom. The number of rotatable bonds is 6. The molecule has 4 rings (SSSR count). The fourth-order valence-corrected chi connectivity index (χ4v) is 4.38. The topological polar surface area (TPSA) is 58.6 Å². The van der Waals surface area contributed by atoms with Crippen molar-refractivity contribution < 1.29 is 14.3 Å². The molecule has 3 aromatic carbocycles. The predicted molar refractivity (Wildman–Crippen MR) is 124 cm³/mol. The van der Waals surface area contributed by atoms with Crippen molar-refractivity contribution in [1.29, 1.82) is 0 Å². The summed E-state index contributed by atoms with van der Waals surface area (Å²) in [4.78, 5) is 28.8. The first-order valence-electron chi connectivity index (χ1n) is 10.8. The standard InChI is InChI=1S/C27H28N2O3/c1-19-9-8-10-20(15-19)18-29-25(30)23-13-6-4-11-21(23)16-27(29,2)26(31)28-17-22-12-5-7-14-24(22)32-3/h4-15H,16-18H2,1-3H3,(H,28,31)/t27-/m1/s1. The lowest BCUT2D eigenvalue weighted by atomic mass is 9.82. The molecular weight excluding hydrogens is 400 g/mol. The quantitative estimate of drug-likeness (QED) is 0.638. The van der Waals surface area contributed by atoms with Gasteiger partial charge in [-0.2, -0.15) is 0 Å². The average molecular weight is 429 g/mol. The van der Waals surface area contributed by atoms with Gasteiger partial charge in [0, 0.05) is 30.6 Å². The van der Waals surface area contributed by atoms with Crippen LogP contribution >= 0.6 is 0 Å². The highest BCUT2D eigenvalue weighted by atomic mass is 16.5. The molecule has 0 spiro atoms. The van der Waals surface area contributed by atoms with E-state index in [9.17, 15) is 9.59 Å². The molecule has 32 heavy (non-hydrogen) atoms. The highest BCUT2D eigenvalue weighted by Gasteiger charge is 2.46. The van der Waals surface area contributed by atoms with Crippen LogP contribution in [0.3, 0.4) is 0 Å². The lowest BCUT2D eigenvalue weighted by molar-refractivity contribution is -0.132. The molecule has 0 bridgehead atoms. The summed E-state index contributed by atoms with van der Waals surface area (Å²) < 4.78 is 5.41. The first-order valence-corrected chi connectivity index (χ1v) is 10.8. The Bertz CT molecular complexity index is 1160. The summed E-state index contributed by atoms with van der Waals surface area (Å²) in [6.07, 6.45) is 0.457. The Morgan fingerprint density at radius 2 is 1.81 bits per heavy atom. The smallest absolute Gasteiger partial charge is 0.255 e. The van der Waals surface area contributed by atoms with Gasteiger partial charge in [-0.1, -0.05) is 66.2 Å². The van der Waals surface area contributed by atoms with Gasteiger partial charge < -0.3 is 15.0 Å². The summed E-state index contributed by atoms with van der Waals surface area (Å²) in [5.41, 5.74) is 3.55. The molecule has 5 nitrogen and oxygen atoms in total. The van der Waals surface area contributed by atoms with Crippen molar-refractivity contribution in [2.45, 2.75) is 38.9 Å². The van der Waals surface area contributed by atoms with Crippen molar-refractivity contribution in [3.05, 3.63) is 101 Å². The molecule has 0 aliphatic carbocycles. The summed E-state index contributed by atoms with van der Waals surface area (Å²) in [6.45, 7) is 4.57. The van der Waals surface area contributed by atoms with Crippen molar-refractivity contribution in [2.24, 2.45) is 0 Å². The molecule has 1 aliphatic heterocycles. The maximum absolute atomic E-state index is 13.6. The Morgan fingerprint density at radius 1 is 1.06 bits per heavy atom. The fourth-order valence-electron chi connectivity index (χ4n) is 4.38. The Kier molecular flexibility index (Phi) is 5.99. The number of ether oxygens (including phenoxy) is 1. The summed E-state index contributed by atoms with van der Waals surface area (Å²) in [5.74, 6) is 0.418. The monoisotopic (exact) mass is 428 g/mol. The van der Waals surface area contributed by atoms with E-state index in [0.717, 1.165) is 28.0 Å². The van der Waals surface area contributed by atoms with E-state index in [4.69, 9.17) is 4.74 Å². The maximum atomic E-state index is 13.6. The molecule has 1 aliphatic rings. The number of aryl methyl sites for hydroxylation is 1. The summed E-state index contributed by atoms with van der Waals surface area (Å²) >= 11 is 0. The van der Waals surface area contributed by atoms with Crippen molar-refractivity contribution >= 4 is 11.8 Å². The van der Waals surface area contributed by atoms with Crippen molar-refractivity contribution in [2.75, 3.05) is 7.11 Å². The second-order valence-corrected chi connectivity index (χ2v) is 8.48. The van der Waals surface area contributed by atoms with Crippen LogP contribution in [0.2, 0.25) is 0 Å². The normalized spacial score (nSPS) is 17.6. The second-order valence-electron chi connectivity index (χ2n) is 8.48. The van der Waals surface area contributed by atoms with Gasteiger partial charge in [0.15, 0.2) is 0 Å². The number of carbonyl (C=O) groups is 2. The second kappa shape index (κ2) is 8.87. The molecule has 164 valence electrons. The minimum atomic E-state index is -1.02. The molecule has 0 fully saturated rings. The zero-order valence-corrected chi connectivity index (χ0v) is 18.7. The number of nitrogens with one attached hydrogen (secondary N) is 1. The lowest BCUT2D eigenvalue weighted by Crippen LogP contribution is -2.62. The van der Waals surface area contributed by atoms with Gasteiger partial charge in [0.05, 0.1) is 7.11 Å². The molecule has 1 N–H and O–H groups in total. The van der Waals surface area contributed by atoms with E-state index >= 15 is 0 Å². The number of methoxy groups -OCH3 is 1. The number of hydrogen-bond acceptors (Lipinski definition) is 3. The summed E-state index contributed by atoms with van der Waals surface area (Å²) in [7, 11) is 1.61. The molecule has 0 saturated heterocycles. The van der Waals surface area contributed by atoms with E-state index in [1.54, 1.807) is 12.0 Å². The number of benzene rings is 3. The number of hydrogen-bond donors (Lipinski definition) is 1. The van der Waals surface area contributed by atoms with Crippen LogP contribution in [0.15, 0.2) is 72.8 Å². The van der Waals surface area contributed by atoms with Crippen LogP contribution in [-0.2, 0) is 24.3 Å². The fraction of sp³-hybridized carbons (Fsp3) is 0.259. The Labute approximate surface area is 189 Å². The summed E-state index contributed by atoms with van der Waals surface area (Å²) in [5, 5.41) is 3.05. The van der Waals surface area contributed by atoms with Gasteiger partial charge in [0.1, 0.15) is 11.3 Å². The minimum Gasteiger partial charge on any atom is -0.496 e. The van der Waals surface area contributed by atoms with E-state index < -0.39 is 5.54 Å². The molecular formula is C27H28N2O3. The third-order valence-electron chi connectivity index (χ3n) is 6.17. The van der Waals surface area contributed by atoms with Crippen LogP contribution in [0.4, 0.5) is 0 Å². The van der Waals surface area contributed by atoms with Crippen molar-refractivity contribution in [3.63, 3.8) is 0 Å². The van der Waals surface area contributed by atoms with Gasteiger partial charge in [-0.25, -0.2) is 0 Å². The predicted octanol–water partition coefficient (Wildman–Crippen LogP) is 4.28. The van der Waals surface area contributed by atoms with Crippen molar-refractivity contribution in [1.82, 2.24) is 10.2 Å². The molecule has 0 saturated carbocycles. The van der Waals surface area contributed by atoms with E-state index in [-0.39, 0.29) is 11.8 Å². The number of nitrogens with zero attached hydrogens (tertiary/aromatic N) is 1. The Balaban J connectivity index is 1.65. The third-order valence-corrected chi connectivity index (χ3v) is 6.17. The van der Waals surface area contributed by atoms with Crippen LogP contribution in [-0.4, -0.2) is 29.4 Å². The van der Waals surface area contributed by atoms with Crippen LogP contribution in [0, 0.1) is 6.92 Å². The van der Waals surface area contributed by atoms with Crippen LogP contribution < -0.4 is 10.1 Å². The number of amides is 2. The highest BCUT2D eigenvalue weighted by Crippen LogP contribution is 2.33. The van der Waals surface area contributed by atoms with Gasteiger partial charge in [0.25, 0.3) is 5.91 Å². The minimum absolute atomic E-state index is 0.122. The average Bonchev–Trinajstić information content (AvgIpc) is 2.80. The van der Waals surface area contributed by atoms with Crippen LogP contribution in [0.1, 0.15) is 39.5 Å². The van der Waals surface area contributed by atoms with E-state index in [2.05, 4.69) is 11.4 Å². The van der Waals surface area contributed by atoms with Gasteiger partial charge in [0.2, 0.25) is 5.91 Å². The Hall–Kier alpha value is -3.60. The molecule has 0 radical (unpaired) electrons. The molecule has 3 aromatic rings. The van der Waals surface area contributed by atoms with E-state index in [0.29, 0.717) is 25.1 Å². The zero-order valence-electron chi connectivity index (χ0n) is 18.7. The molecule has 0 aromatic heterocycles. The van der Waals surface area contributed by atoms with Crippen LogP contribution in [0.25, 0.3) is 0 Å². The van der Waals surface area contributed by atoms with Gasteiger partial charge in [-0.3, -0.25) is 9.59 Å². The van der Waals surface area contributed by atoms with Gasteiger partial charge >= 0.3 is 0 Å². The molecule has 2 amide bonds. The highest BCUT2D eigenvalue weighted by molar-refractivity contribution is 6.02. The lowest BCUT2D eigenvalue weighted by Gasteiger charge is -2.44. The molecule has 5 heteroatoms. The van der Waals surface area contributed by atoms with Crippen LogP contribution in [0.5, 0.6) is 5.75 Å². The zero-order chi connectivity index (χ0) is 22.7. The SMILES string of the molecule is COc1ccccc1CNC(=O)[C@@]1(C)Cc2ccccc2C(=O)N1Cc1cccc(C)c1. The largest absolute Gasteiger partial charge is 0.496 e. The summed E-state index contributed by atoms with van der Waals surface area (Å²) in [6, 6.07) is 23.2. The van der Waals surface area contributed by atoms with Crippen molar-refractivity contribution in [3.8, 4) is 5.75 Å². The third kappa shape index (κ3) is 4.11. The van der Waals surface area contributed by atoms with Gasteiger partial charge in [-0.05, 0) is 37.1 Å². The number of carbonyl (C=O) groups excluding carboxylic acids is 2. The first kappa shape index (κ1) is 21.6.